The Bertz CT molecular complexity index is 875. The van der Waals surface area contributed by atoms with Crippen LogP contribution in [-0.2, 0) is 0 Å². The lowest BCUT2D eigenvalue weighted by Crippen LogP contribution is -2.38. The standard InChI is InChI=1S/C20H22BrF3N4O/c21-13-8-6-12(7-9-13)16-10-17(20(22,23)24)28-18(27-16)15(11-25-28)19(29)26-14-4-2-1-3-5-14/h6-9,11,14,16-17,27H,1-5,10H2,(H,26,29)/t16-,17-/m0/s1. The van der Waals surface area contributed by atoms with E-state index < -0.39 is 18.3 Å². The van der Waals surface area contributed by atoms with Crippen LogP contribution in [0.1, 0.15) is 66.5 Å². The van der Waals surface area contributed by atoms with Gasteiger partial charge in [-0.25, -0.2) is 4.68 Å². The molecule has 0 spiro atoms. The molecule has 2 heterocycles. The number of fused-ring (bicyclic) bond motifs is 1. The predicted molar refractivity (Wildman–Crippen MR) is 107 cm³/mol. The first kappa shape index (κ1) is 20.3. The number of anilines is 1. The van der Waals surface area contributed by atoms with Gasteiger partial charge in [0.05, 0.1) is 12.2 Å². The quantitative estimate of drug-likeness (QED) is 0.633. The van der Waals surface area contributed by atoms with Gasteiger partial charge in [-0.1, -0.05) is 47.3 Å². The van der Waals surface area contributed by atoms with Gasteiger partial charge < -0.3 is 10.6 Å². The van der Waals surface area contributed by atoms with Gasteiger partial charge in [0, 0.05) is 16.9 Å². The van der Waals surface area contributed by atoms with Crippen molar-refractivity contribution in [1.29, 1.82) is 0 Å². The molecule has 1 aliphatic carbocycles. The number of carbonyl (C=O) groups is 1. The molecule has 2 aromatic rings. The van der Waals surface area contributed by atoms with Gasteiger partial charge in [0.25, 0.3) is 5.91 Å². The Hall–Kier alpha value is -2.03. The molecular weight excluding hydrogens is 449 g/mol. The molecule has 1 aromatic carbocycles. The fourth-order valence-corrected chi connectivity index (χ4v) is 4.42. The average Bonchev–Trinajstić information content (AvgIpc) is 3.12. The number of carbonyl (C=O) groups excluding carboxylic acids is 1. The highest BCUT2D eigenvalue weighted by Gasteiger charge is 2.47. The van der Waals surface area contributed by atoms with Crippen molar-refractivity contribution in [2.24, 2.45) is 0 Å². The molecule has 1 aliphatic heterocycles. The molecule has 2 aliphatic rings. The second kappa shape index (κ2) is 8.01. The highest BCUT2D eigenvalue weighted by atomic mass is 79.9. The Balaban J connectivity index is 1.64. The minimum atomic E-state index is -4.46. The normalized spacial score (nSPS) is 22.6. The lowest BCUT2D eigenvalue weighted by molar-refractivity contribution is -0.173. The van der Waals surface area contributed by atoms with E-state index in [9.17, 15) is 18.0 Å². The Morgan fingerprint density at radius 2 is 1.86 bits per heavy atom. The Morgan fingerprint density at radius 1 is 1.17 bits per heavy atom. The number of halogens is 4. The molecule has 0 saturated heterocycles. The fourth-order valence-electron chi connectivity index (χ4n) is 4.15. The summed E-state index contributed by atoms with van der Waals surface area (Å²) in [4.78, 5) is 12.8. The number of nitrogens with zero attached hydrogens (tertiary/aromatic N) is 2. The third kappa shape index (κ3) is 4.29. The molecule has 156 valence electrons. The summed E-state index contributed by atoms with van der Waals surface area (Å²) in [5.74, 6) is -0.247. The second-order valence-electron chi connectivity index (χ2n) is 7.70. The SMILES string of the molecule is O=C(NC1CCCCC1)c1cnn2c1N[C@H](c1ccc(Br)cc1)C[C@H]2C(F)(F)F. The lowest BCUT2D eigenvalue weighted by atomic mass is 9.95. The van der Waals surface area contributed by atoms with E-state index in [1.807, 2.05) is 0 Å². The Morgan fingerprint density at radius 3 is 2.52 bits per heavy atom. The molecule has 1 saturated carbocycles. The molecule has 1 amide bonds. The van der Waals surface area contributed by atoms with E-state index >= 15 is 0 Å². The van der Waals surface area contributed by atoms with E-state index in [1.54, 1.807) is 24.3 Å². The van der Waals surface area contributed by atoms with Crippen LogP contribution < -0.4 is 10.6 Å². The number of aromatic nitrogens is 2. The van der Waals surface area contributed by atoms with Gasteiger partial charge in [-0.3, -0.25) is 4.79 Å². The molecule has 1 aromatic heterocycles. The Labute approximate surface area is 175 Å². The van der Waals surface area contributed by atoms with E-state index in [2.05, 4.69) is 31.7 Å². The van der Waals surface area contributed by atoms with Gasteiger partial charge >= 0.3 is 6.18 Å². The van der Waals surface area contributed by atoms with Crippen molar-refractivity contribution in [3.63, 3.8) is 0 Å². The summed E-state index contributed by atoms with van der Waals surface area (Å²) in [6.07, 6.45) is 1.64. The zero-order chi connectivity index (χ0) is 20.6. The number of rotatable bonds is 3. The first-order valence-electron chi connectivity index (χ1n) is 9.80. The van der Waals surface area contributed by atoms with Crippen LogP contribution in [0.25, 0.3) is 0 Å². The maximum Gasteiger partial charge on any atom is 0.410 e. The number of nitrogens with one attached hydrogen (secondary N) is 2. The first-order valence-corrected chi connectivity index (χ1v) is 10.6. The lowest BCUT2D eigenvalue weighted by Gasteiger charge is -2.34. The number of amides is 1. The number of benzene rings is 1. The van der Waals surface area contributed by atoms with Crippen LogP contribution >= 0.6 is 15.9 Å². The van der Waals surface area contributed by atoms with Crippen LogP contribution in [0.3, 0.4) is 0 Å². The zero-order valence-electron chi connectivity index (χ0n) is 15.7. The van der Waals surface area contributed by atoms with E-state index in [4.69, 9.17) is 0 Å². The predicted octanol–water partition coefficient (Wildman–Crippen LogP) is 5.37. The van der Waals surface area contributed by atoms with Gasteiger partial charge in [-0.15, -0.1) is 0 Å². The molecule has 5 nitrogen and oxygen atoms in total. The molecule has 0 bridgehead atoms. The fraction of sp³-hybridized carbons (Fsp3) is 0.500. The average molecular weight is 471 g/mol. The highest BCUT2D eigenvalue weighted by molar-refractivity contribution is 9.10. The topological polar surface area (TPSA) is 59.0 Å². The minimum Gasteiger partial charge on any atom is -0.363 e. The van der Waals surface area contributed by atoms with Gasteiger partial charge in [-0.2, -0.15) is 18.3 Å². The molecule has 29 heavy (non-hydrogen) atoms. The van der Waals surface area contributed by atoms with Crippen molar-refractivity contribution >= 4 is 27.7 Å². The molecule has 0 unspecified atom stereocenters. The minimum absolute atomic E-state index is 0.0658. The van der Waals surface area contributed by atoms with Crippen molar-refractivity contribution < 1.29 is 18.0 Å². The molecule has 4 rings (SSSR count). The molecule has 2 N–H and O–H groups in total. The van der Waals surface area contributed by atoms with Crippen LogP contribution in [-0.4, -0.2) is 27.9 Å². The van der Waals surface area contributed by atoms with Crippen molar-refractivity contribution in [3.8, 4) is 0 Å². The third-order valence-corrected chi connectivity index (χ3v) is 6.22. The highest BCUT2D eigenvalue weighted by Crippen LogP contribution is 2.44. The monoisotopic (exact) mass is 470 g/mol. The van der Waals surface area contributed by atoms with E-state index in [-0.39, 0.29) is 29.8 Å². The van der Waals surface area contributed by atoms with Crippen LogP contribution in [0.2, 0.25) is 0 Å². The summed E-state index contributed by atoms with van der Waals surface area (Å²) in [5, 5.41) is 10.0. The summed E-state index contributed by atoms with van der Waals surface area (Å²) in [6, 6.07) is 4.86. The second-order valence-corrected chi connectivity index (χ2v) is 8.62. The Kier molecular flexibility index (Phi) is 5.59. The summed E-state index contributed by atoms with van der Waals surface area (Å²) >= 11 is 3.34. The van der Waals surface area contributed by atoms with Crippen LogP contribution in [0.4, 0.5) is 19.0 Å². The van der Waals surface area contributed by atoms with Crippen molar-refractivity contribution in [1.82, 2.24) is 15.1 Å². The van der Waals surface area contributed by atoms with E-state index in [0.717, 1.165) is 46.8 Å². The number of alkyl halides is 3. The van der Waals surface area contributed by atoms with Crippen LogP contribution in [0, 0.1) is 0 Å². The third-order valence-electron chi connectivity index (χ3n) is 5.70. The summed E-state index contributed by atoms with van der Waals surface area (Å²) < 4.78 is 43.0. The molecule has 9 heteroatoms. The zero-order valence-corrected chi connectivity index (χ0v) is 17.3. The molecule has 2 atom stereocenters. The van der Waals surface area contributed by atoms with Gasteiger partial charge in [0.1, 0.15) is 11.4 Å². The number of hydrogen-bond donors (Lipinski definition) is 2. The van der Waals surface area contributed by atoms with Gasteiger partial charge in [0.15, 0.2) is 6.04 Å². The maximum atomic E-state index is 13.8. The van der Waals surface area contributed by atoms with Crippen LogP contribution in [0.5, 0.6) is 0 Å². The summed E-state index contributed by atoms with van der Waals surface area (Å²) in [7, 11) is 0. The van der Waals surface area contributed by atoms with Crippen LogP contribution in [0.15, 0.2) is 34.9 Å². The number of hydrogen-bond acceptors (Lipinski definition) is 3. The molecular formula is C20H22BrF3N4O. The summed E-state index contributed by atoms with van der Waals surface area (Å²) in [6.45, 7) is 0. The smallest absolute Gasteiger partial charge is 0.363 e. The van der Waals surface area contributed by atoms with Gasteiger partial charge in [0.2, 0.25) is 0 Å². The van der Waals surface area contributed by atoms with Crippen molar-refractivity contribution in [2.75, 3.05) is 5.32 Å². The summed E-state index contributed by atoms with van der Waals surface area (Å²) in [5.41, 5.74) is 0.889. The van der Waals surface area contributed by atoms with E-state index in [1.165, 1.54) is 6.20 Å². The first-order chi connectivity index (χ1) is 13.8. The largest absolute Gasteiger partial charge is 0.410 e. The molecule has 1 fully saturated rings. The molecule has 0 radical (unpaired) electrons. The van der Waals surface area contributed by atoms with E-state index in [0.29, 0.717) is 0 Å². The maximum absolute atomic E-state index is 13.8. The van der Waals surface area contributed by atoms with Gasteiger partial charge in [-0.05, 0) is 30.5 Å². The van der Waals surface area contributed by atoms with Crippen molar-refractivity contribution in [2.45, 2.75) is 62.8 Å². The van der Waals surface area contributed by atoms with Crippen molar-refractivity contribution in [3.05, 3.63) is 46.1 Å².